The smallest absolute Gasteiger partial charge is 0.0284 e. The molecule has 0 unspecified atom stereocenters. The Morgan fingerprint density at radius 3 is 2.24 bits per heavy atom. The summed E-state index contributed by atoms with van der Waals surface area (Å²) in [6.07, 6.45) is 10.2. The lowest BCUT2D eigenvalue weighted by Crippen LogP contribution is -1.71. The van der Waals surface area contributed by atoms with Gasteiger partial charge in [0.2, 0.25) is 0 Å². The number of hydrogen-bond donors (Lipinski definition) is 0. The fraction of sp³-hybridized carbons (Fsp3) is 0.312. The Balaban J connectivity index is 4.66. The number of rotatable bonds is 5. The van der Waals surface area contributed by atoms with Crippen LogP contribution in [0, 0.1) is 0 Å². The minimum atomic E-state index is 1.06. The average Bonchev–Trinajstić information content (AvgIpc) is 2.23. The monoisotopic (exact) mass is 246 g/mol. The van der Waals surface area contributed by atoms with Gasteiger partial charge in [-0.3, -0.25) is 0 Å². The maximum absolute atomic E-state index is 3.85. The number of allylic oxidation sites excluding steroid dienone is 7. The summed E-state index contributed by atoms with van der Waals surface area (Å²) in [7, 11) is 0. The molecule has 0 aromatic carbocycles. The number of hydrogen-bond acceptors (Lipinski definition) is 1. The van der Waals surface area contributed by atoms with E-state index >= 15 is 0 Å². The Labute approximate surface area is 110 Å². The lowest BCUT2D eigenvalue weighted by atomic mass is 10.3. The Bertz CT molecular complexity index is 407. The van der Waals surface area contributed by atoms with Crippen LogP contribution in [0.25, 0.3) is 0 Å². The first-order valence-corrected chi connectivity index (χ1v) is 6.52. The van der Waals surface area contributed by atoms with Crippen molar-refractivity contribution in [3.05, 3.63) is 63.6 Å². The first-order chi connectivity index (χ1) is 7.95. The van der Waals surface area contributed by atoms with E-state index in [4.69, 9.17) is 0 Å². The normalized spacial score (nSPS) is 11.0. The Kier molecular flexibility index (Phi) is 8.31. The molecule has 0 saturated carbocycles. The molecule has 1 heteroatoms. The Morgan fingerprint density at radius 2 is 1.76 bits per heavy atom. The molecular weight excluding hydrogens is 224 g/mol. The van der Waals surface area contributed by atoms with E-state index in [0.717, 1.165) is 10.5 Å². The van der Waals surface area contributed by atoms with E-state index in [0.29, 0.717) is 0 Å². The molecule has 0 bridgehead atoms. The molecule has 0 aromatic heterocycles. The largest absolute Gasteiger partial charge is 0.110 e. The van der Waals surface area contributed by atoms with Crippen molar-refractivity contribution in [1.82, 2.24) is 0 Å². The van der Waals surface area contributed by atoms with Gasteiger partial charge in [-0.15, -0.1) is 5.73 Å². The summed E-state index contributed by atoms with van der Waals surface area (Å²) >= 11 is 1.72. The van der Waals surface area contributed by atoms with Crippen LogP contribution >= 0.6 is 11.8 Å². The lowest BCUT2D eigenvalue weighted by Gasteiger charge is -1.99. The van der Waals surface area contributed by atoms with Crippen LogP contribution in [0.5, 0.6) is 0 Å². The quantitative estimate of drug-likeness (QED) is 0.437. The predicted octanol–water partition coefficient (Wildman–Crippen LogP) is 5.78. The molecule has 0 saturated heterocycles. The summed E-state index contributed by atoms with van der Waals surface area (Å²) < 4.78 is 0. The molecule has 0 fully saturated rings. The molecule has 92 valence electrons. The van der Waals surface area contributed by atoms with E-state index in [2.05, 4.69) is 51.3 Å². The molecule has 0 amide bonds. The van der Waals surface area contributed by atoms with Crippen molar-refractivity contribution in [2.24, 2.45) is 0 Å². The van der Waals surface area contributed by atoms with Gasteiger partial charge in [-0.1, -0.05) is 47.7 Å². The third-order valence-corrected chi connectivity index (χ3v) is 2.82. The maximum atomic E-state index is 3.85. The van der Waals surface area contributed by atoms with Crippen molar-refractivity contribution in [2.45, 2.75) is 34.6 Å². The van der Waals surface area contributed by atoms with Gasteiger partial charge in [-0.05, 0) is 46.8 Å². The maximum Gasteiger partial charge on any atom is 0.0284 e. The minimum absolute atomic E-state index is 1.06. The van der Waals surface area contributed by atoms with Gasteiger partial charge in [0.25, 0.3) is 0 Å². The van der Waals surface area contributed by atoms with Gasteiger partial charge in [0.15, 0.2) is 0 Å². The standard InChI is InChI=1S/C16H22S/c1-7-16(12-11-14(4)5)17-15(6)10-8-9-13(2)3/h7-9,11-12H,4H2,1-3,5-6H3/b12-11-,16-7+. The summed E-state index contributed by atoms with van der Waals surface area (Å²) in [5.74, 6) is 0. The van der Waals surface area contributed by atoms with Crippen LogP contribution in [0.4, 0.5) is 0 Å². The van der Waals surface area contributed by atoms with Crippen LogP contribution in [-0.2, 0) is 0 Å². The fourth-order valence-corrected chi connectivity index (χ4v) is 1.68. The second-order valence-electron chi connectivity index (χ2n) is 4.08. The predicted molar refractivity (Wildman–Crippen MR) is 82.0 cm³/mol. The highest BCUT2D eigenvalue weighted by Gasteiger charge is 1.93. The van der Waals surface area contributed by atoms with Crippen molar-refractivity contribution < 1.29 is 0 Å². The first kappa shape index (κ1) is 15.8. The zero-order valence-electron chi connectivity index (χ0n) is 11.5. The molecule has 0 aliphatic heterocycles. The molecule has 0 nitrogen and oxygen atoms in total. The Morgan fingerprint density at radius 1 is 1.12 bits per heavy atom. The number of thioether (sulfide) groups is 1. The minimum Gasteiger partial charge on any atom is -0.110 e. The molecule has 0 atom stereocenters. The summed E-state index contributed by atoms with van der Waals surface area (Å²) in [6, 6.07) is 0. The van der Waals surface area contributed by atoms with E-state index < -0.39 is 0 Å². The third-order valence-electron chi connectivity index (χ3n) is 1.79. The fourth-order valence-electron chi connectivity index (χ4n) is 0.945. The molecule has 0 heterocycles. The summed E-state index contributed by atoms with van der Waals surface area (Å²) in [5, 5.41) is 0. The molecule has 0 radical (unpaired) electrons. The van der Waals surface area contributed by atoms with Crippen LogP contribution in [-0.4, -0.2) is 0 Å². The van der Waals surface area contributed by atoms with E-state index in [1.807, 2.05) is 26.0 Å². The SMILES string of the molecule is C=C(C)/C=C\C(=C/C)SC(C)=C=CC=C(C)C. The second-order valence-corrected chi connectivity index (χ2v) is 5.37. The molecule has 0 rings (SSSR count). The Hall–Kier alpha value is -1.17. The van der Waals surface area contributed by atoms with Crippen molar-refractivity contribution >= 4 is 11.8 Å². The molecule has 0 aliphatic rings. The van der Waals surface area contributed by atoms with Crippen molar-refractivity contribution in [3.8, 4) is 0 Å². The molecule has 0 spiro atoms. The summed E-state index contributed by atoms with van der Waals surface area (Å²) in [5.41, 5.74) is 5.59. The van der Waals surface area contributed by atoms with Gasteiger partial charge in [0, 0.05) is 9.81 Å². The molecular formula is C16H22S. The lowest BCUT2D eigenvalue weighted by molar-refractivity contribution is 1.39. The van der Waals surface area contributed by atoms with Gasteiger partial charge in [0.1, 0.15) is 0 Å². The molecule has 17 heavy (non-hydrogen) atoms. The average molecular weight is 246 g/mol. The van der Waals surface area contributed by atoms with Crippen molar-refractivity contribution in [2.75, 3.05) is 0 Å². The van der Waals surface area contributed by atoms with E-state index in [-0.39, 0.29) is 0 Å². The molecule has 0 aliphatic carbocycles. The van der Waals surface area contributed by atoms with Crippen molar-refractivity contribution in [3.63, 3.8) is 0 Å². The zero-order valence-corrected chi connectivity index (χ0v) is 12.3. The molecule has 0 aromatic rings. The van der Waals surface area contributed by atoms with Crippen molar-refractivity contribution in [1.29, 1.82) is 0 Å². The van der Waals surface area contributed by atoms with Crippen LogP contribution in [0.2, 0.25) is 0 Å². The van der Waals surface area contributed by atoms with Crippen LogP contribution in [0.15, 0.2) is 63.6 Å². The van der Waals surface area contributed by atoms with Gasteiger partial charge < -0.3 is 0 Å². The highest BCUT2D eigenvalue weighted by molar-refractivity contribution is 8.06. The first-order valence-electron chi connectivity index (χ1n) is 5.70. The summed E-state index contributed by atoms with van der Waals surface area (Å²) in [4.78, 5) is 2.37. The van der Waals surface area contributed by atoms with Crippen LogP contribution < -0.4 is 0 Å². The second kappa shape index (κ2) is 8.92. The highest BCUT2D eigenvalue weighted by atomic mass is 32.2. The van der Waals surface area contributed by atoms with E-state index in [1.54, 1.807) is 11.8 Å². The van der Waals surface area contributed by atoms with Crippen LogP contribution in [0.1, 0.15) is 34.6 Å². The summed E-state index contributed by atoms with van der Waals surface area (Å²) in [6.45, 7) is 14.1. The molecule has 0 N–H and O–H groups in total. The highest BCUT2D eigenvalue weighted by Crippen LogP contribution is 2.25. The van der Waals surface area contributed by atoms with Gasteiger partial charge in [-0.25, -0.2) is 0 Å². The van der Waals surface area contributed by atoms with Gasteiger partial charge in [0.05, 0.1) is 0 Å². The van der Waals surface area contributed by atoms with Gasteiger partial charge >= 0.3 is 0 Å². The third kappa shape index (κ3) is 9.74. The topological polar surface area (TPSA) is 0 Å². The van der Waals surface area contributed by atoms with E-state index in [1.165, 1.54) is 10.5 Å². The van der Waals surface area contributed by atoms with Gasteiger partial charge in [-0.2, -0.15) is 0 Å². The van der Waals surface area contributed by atoms with Crippen LogP contribution in [0.3, 0.4) is 0 Å². The van der Waals surface area contributed by atoms with E-state index in [9.17, 15) is 0 Å². The zero-order chi connectivity index (χ0) is 13.3.